The van der Waals surface area contributed by atoms with Gasteiger partial charge in [0.2, 0.25) is 0 Å². The van der Waals surface area contributed by atoms with Crippen LogP contribution in [0.1, 0.15) is 18.7 Å². The lowest BCUT2D eigenvalue weighted by molar-refractivity contribution is 0.101. The van der Waals surface area contributed by atoms with Crippen molar-refractivity contribution in [2.75, 3.05) is 26.9 Å². The third-order valence-corrected chi connectivity index (χ3v) is 4.20. The number of aryl methyl sites for hydroxylation is 1. The van der Waals surface area contributed by atoms with E-state index in [-0.39, 0.29) is 0 Å². The van der Waals surface area contributed by atoms with E-state index < -0.39 is 0 Å². The second-order valence-corrected chi connectivity index (χ2v) is 6.20. The number of benzene rings is 2. The average molecular weight is 350 g/mol. The minimum atomic E-state index is 0.742. The molecule has 1 heterocycles. The highest BCUT2D eigenvalue weighted by molar-refractivity contribution is 5.78. The van der Waals surface area contributed by atoms with Crippen molar-refractivity contribution in [1.82, 2.24) is 9.97 Å². The fourth-order valence-corrected chi connectivity index (χ4v) is 2.91. The van der Waals surface area contributed by atoms with E-state index in [0.717, 1.165) is 67.4 Å². The van der Waals surface area contributed by atoms with Gasteiger partial charge in [0, 0.05) is 44.5 Å². The molecule has 136 valence electrons. The second-order valence-electron chi connectivity index (χ2n) is 6.20. The van der Waals surface area contributed by atoms with Crippen molar-refractivity contribution in [3.05, 3.63) is 66.5 Å². The van der Waals surface area contributed by atoms with E-state index in [4.69, 9.17) is 14.5 Å². The topological polar surface area (TPSA) is 47.1 Å². The number of methoxy groups -OCH3 is 1. The molecule has 1 N–H and O–H groups in total. The zero-order valence-electron chi connectivity index (χ0n) is 15.3. The smallest absolute Gasteiger partial charge is 0.107 e. The standard InChI is InChI=1S/C22H26N2O2/c1-25-15-9-17-26-16-8-14-20-23-21(18-10-4-2-5-11-18)22(24-20)19-12-6-3-7-13-19/h2-7,10-13H,8-9,14-17H2,1H3,(H,23,24). The van der Waals surface area contributed by atoms with Crippen molar-refractivity contribution >= 4 is 0 Å². The summed E-state index contributed by atoms with van der Waals surface area (Å²) in [4.78, 5) is 8.39. The van der Waals surface area contributed by atoms with Gasteiger partial charge in [-0.15, -0.1) is 0 Å². The first-order valence-corrected chi connectivity index (χ1v) is 9.15. The lowest BCUT2D eigenvalue weighted by Gasteiger charge is -2.03. The molecule has 0 aliphatic rings. The van der Waals surface area contributed by atoms with E-state index in [1.165, 1.54) is 0 Å². The maximum absolute atomic E-state index is 5.64. The van der Waals surface area contributed by atoms with Crippen LogP contribution in [0.25, 0.3) is 22.5 Å². The minimum Gasteiger partial charge on any atom is -0.385 e. The number of aromatic amines is 1. The van der Waals surface area contributed by atoms with Crippen LogP contribution < -0.4 is 0 Å². The molecule has 1 aromatic heterocycles. The number of imidazole rings is 1. The Morgan fingerprint density at radius 3 is 2.15 bits per heavy atom. The molecule has 0 spiro atoms. The molecule has 26 heavy (non-hydrogen) atoms. The predicted molar refractivity (Wildman–Crippen MR) is 105 cm³/mol. The first-order chi connectivity index (χ1) is 12.9. The Labute approximate surface area is 155 Å². The zero-order valence-corrected chi connectivity index (χ0v) is 15.3. The van der Waals surface area contributed by atoms with Gasteiger partial charge in [0.1, 0.15) is 5.82 Å². The summed E-state index contributed by atoms with van der Waals surface area (Å²) in [5.41, 5.74) is 4.37. The molecule has 4 heteroatoms. The number of ether oxygens (including phenoxy) is 2. The van der Waals surface area contributed by atoms with Crippen molar-refractivity contribution in [1.29, 1.82) is 0 Å². The highest BCUT2D eigenvalue weighted by Crippen LogP contribution is 2.30. The van der Waals surface area contributed by atoms with E-state index in [0.29, 0.717) is 0 Å². The van der Waals surface area contributed by atoms with Gasteiger partial charge in [0.05, 0.1) is 11.4 Å². The van der Waals surface area contributed by atoms with Gasteiger partial charge in [0.25, 0.3) is 0 Å². The summed E-state index contributed by atoms with van der Waals surface area (Å²) in [6.45, 7) is 2.24. The number of nitrogens with one attached hydrogen (secondary N) is 1. The third kappa shape index (κ3) is 5.04. The predicted octanol–water partition coefficient (Wildman–Crippen LogP) is 4.73. The number of hydrogen-bond donors (Lipinski definition) is 1. The minimum absolute atomic E-state index is 0.742. The summed E-state index contributed by atoms with van der Waals surface area (Å²) in [6.07, 6.45) is 2.76. The summed E-state index contributed by atoms with van der Waals surface area (Å²) in [6, 6.07) is 20.7. The number of hydrogen-bond acceptors (Lipinski definition) is 3. The van der Waals surface area contributed by atoms with Crippen LogP contribution >= 0.6 is 0 Å². The van der Waals surface area contributed by atoms with Crippen LogP contribution in [0.2, 0.25) is 0 Å². The number of nitrogens with zero attached hydrogens (tertiary/aromatic N) is 1. The molecule has 0 atom stereocenters. The van der Waals surface area contributed by atoms with E-state index in [9.17, 15) is 0 Å². The number of aromatic nitrogens is 2. The molecule has 0 saturated heterocycles. The summed E-state index contributed by atoms with van der Waals surface area (Å²) >= 11 is 0. The van der Waals surface area contributed by atoms with Gasteiger partial charge in [-0.1, -0.05) is 60.7 Å². The van der Waals surface area contributed by atoms with Gasteiger partial charge in [-0.2, -0.15) is 0 Å². The molecule has 2 aromatic carbocycles. The summed E-state index contributed by atoms with van der Waals surface area (Å²) < 4.78 is 10.7. The van der Waals surface area contributed by atoms with E-state index in [1.54, 1.807) is 7.11 Å². The fourth-order valence-electron chi connectivity index (χ4n) is 2.91. The summed E-state index contributed by atoms with van der Waals surface area (Å²) in [5, 5.41) is 0. The molecule has 0 aliphatic carbocycles. The quantitative estimate of drug-likeness (QED) is 0.538. The molecule has 0 amide bonds. The van der Waals surface area contributed by atoms with Gasteiger partial charge < -0.3 is 14.5 Å². The van der Waals surface area contributed by atoms with Crippen LogP contribution in [0.4, 0.5) is 0 Å². The summed E-state index contributed by atoms with van der Waals surface area (Å²) in [7, 11) is 1.71. The van der Waals surface area contributed by atoms with E-state index in [1.807, 2.05) is 24.3 Å². The van der Waals surface area contributed by atoms with Crippen LogP contribution in [0.3, 0.4) is 0 Å². The third-order valence-electron chi connectivity index (χ3n) is 4.20. The molecule has 0 saturated carbocycles. The zero-order chi connectivity index (χ0) is 18.0. The monoisotopic (exact) mass is 350 g/mol. The number of rotatable bonds is 10. The average Bonchev–Trinajstić information content (AvgIpc) is 3.13. The SMILES string of the molecule is COCCCOCCCc1nc(-c2ccccc2)c(-c2ccccc2)[nH]1. The van der Waals surface area contributed by atoms with E-state index in [2.05, 4.69) is 41.4 Å². The Morgan fingerprint density at radius 1 is 0.808 bits per heavy atom. The lowest BCUT2D eigenvalue weighted by Crippen LogP contribution is -2.02. The molecule has 0 aliphatic heterocycles. The van der Waals surface area contributed by atoms with Crippen LogP contribution in [0, 0.1) is 0 Å². The number of H-pyrrole nitrogens is 1. The van der Waals surface area contributed by atoms with Crippen molar-refractivity contribution in [2.45, 2.75) is 19.3 Å². The highest BCUT2D eigenvalue weighted by atomic mass is 16.5. The van der Waals surface area contributed by atoms with Crippen molar-refractivity contribution in [3.8, 4) is 22.5 Å². The Morgan fingerprint density at radius 2 is 1.46 bits per heavy atom. The molecule has 3 rings (SSSR count). The largest absolute Gasteiger partial charge is 0.385 e. The fraction of sp³-hybridized carbons (Fsp3) is 0.318. The Hall–Kier alpha value is -2.43. The molecule has 0 bridgehead atoms. The van der Waals surface area contributed by atoms with Gasteiger partial charge >= 0.3 is 0 Å². The van der Waals surface area contributed by atoms with Gasteiger partial charge in [-0.3, -0.25) is 0 Å². The van der Waals surface area contributed by atoms with Crippen molar-refractivity contribution in [3.63, 3.8) is 0 Å². The molecule has 0 unspecified atom stereocenters. The molecular formula is C22H26N2O2. The van der Waals surface area contributed by atoms with Gasteiger partial charge in [0.15, 0.2) is 0 Å². The molecule has 4 nitrogen and oxygen atoms in total. The van der Waals surface area contributed by atoms with Crippen LogP contribution in [0.5, 0.6) is 0 Å². The van der Waals surface area contributed by atoms with Crippen LogP contribution in [0.15, 0.2) is 60.7 Å². The second kappa shape index (κ2) is 9.90. The lowest BCUT2D eigenvalue weighted by atomic mass is 10.1. The van der Waals surface area contributed by atoms with Crippen molar-refractivity contribution < 1.29 is 9.47 Å². The normalized spacial score (nSPS) is 11.0. The maximum Gasteiger partial charge on any atom is 0.107 e. The van der Waals surface area contributed by atoms with Crippen LogP contribution in [-0.2, 0) is 15.9 Å². The van der Waals surface area contributed by atoms with E-state index >= 15 is 0 Å². The van der Waals surface area contributed by atoms with Crippen molar-refractivity contribution in [2.24, 2.45) is 0 Å². The molecule has 0 fully saturated rings. The first-order valence-electron chi connectivity index (χ1n) is 9.15. The Kier molecular flexibility index (Phi) is 6.99. The highest BCUT2D eigenvalue weighted by Gasteiger charge is 2.13. The molecule has 3 aromatic rings. The Balaban J connectivity index is 1.69. The molecular weight excluding hydrogens is 324 g/mol. The molecule has 0 radical (unpaired) electrons. The maximum atomic E-state index is 5.64. The first kappa shape index (κ1) is 18.4. The van der Waals surface area contributed by atoms with Gasteiger partial charge in [-0.25, -0.2) is 4.98 Å². The summed E-state index contributed by atoms with van der Waals surface area (Å²) in [5.74, 6) is 1.00. The van der Waals surface area contributed by atoms with Crippen LogP contribution in [-0.4, -0.2) is 36.9 Å². The Bertz CT molecular complexity index is 712. The van der Waals surface area contributed by atoms with Gasteiger partial charge in [-0.05, 0) is 12.8 Å².